The topological polar surface area (TPSA) is 83.5 Å². The average Bonchev–Trinajstić information content (AvgIpc) is 3.35. The molecule has 0 spiro atoms. The molecule has 2 aromatic heterocycles. The molecule has 0 bridgehead atoms. The number of sulfonamides is 1. The van der Waals surface area contributed by atoms with Crippen molar-refractivity contribution in [1.29, 1.82) is 0 Å². The van der Waals surface area contributed by atoms with E-state index in [1.165, 1.54) is 33.3 Å². The lowest BCUT2D eigenvalue weighted by atomic mass is 10.2. The summed E-state index contributed by atoms with van der Waals surface area (Å²) >= 11 is 1.47. The zero-order chi connectivity index (χ0) is 26.4. The highest BCUT2D eigenvalue weighted by molar-refractivity contribution is 7.89. The maximum Gasteiger partial charge on any atom is 0.260 e. The number of rotatable bonds is 11. The summed E-state index contributed by atoms with van der Waals surface area (Å²) in [6.45, 7) is 7.26. The first-order valence-corrected chi connectivity index (χ1v) is 14.8. The number of pyridine rings is 1. The van der Waals surface area contributed by atoms with E-state index in [1.807, 2.05) is 32.0 Å². The van der Waals surface area contributed by atoms with Gasteiger partial charge in [0.1, 0.15) is 0 Å². The minimum atomic E-state index is -3.62. The minimum absolute atomic E-state index is 0.192. The van der Waals surface area contributed by atoms with Gasteiger partial charge in [-0.25, -0.2) is 13.4 Å². The van der Waals surface area contributed by atoms with Gasteiger partial charge in [0.25, 0.3) is 5.91 Å². The van der Waals surface area contributed by atoms with Crippen molar-refractivity contribution in [2.24, 2.45) is 0 Å². The Bertz CT molecular complexity index is 1450. The Morgan fingerprint density at radius 3 is 2.30 bits per heavy atom. The molecule has 0 saturated carbocycles. The third kappa shape index (κ3) is 6.06. The number of hydrogen-bond donors (Lipinski definition) is 0. The standard InChI is InChI=1S/C28H32N4O3S2/c1-4-16-31(17-5-2)37(34,35)24-12-10-23(11-13-24)27(33)32(20-22-8-7-15-29-19-22)28-30-25-14-9-21(6-3)18-26(25)36-28/h7-15,18-19H,4-6,16-17,20H2,1-3H3. The third-order valence-corrected chi connectivity index (χ3v) is 9.03. The van der Waals surface area contributed by atoms with Gasteiger partial charge in [-0.2, -0.15) is 4.31 Å². The number of benzene rings is 2. The number of aryl methyl sites for hydroxylation is 1. The van der Waals surface area contributed by atoms with Crippen LogP contribution in [0.2, 0.25) is 0 Å². The molecule has 0 saturated heterocycles. The molecular weight excluding hydrogens is 504 g/mol. The van der Waals surface area contributed by atoms with Crippen LogP contribution < -0.4 is 4.90 Å². The van der Waals surface area contributed by atoms with Crippen LogP contribution in [0.1, 0.15) is 55.1 Å². The summed E-state index contributed by atoms with van der Waals surface area (Å²) in [6, 6.07) is 16.1. The van der Waals surface area contributed by atoms with Gasteiger partial charge in [-0.15, -0.1) is 0 Å². The monoisotopic (exact) mass is 536 g/mol. The van der Waals surface area contributed by atoms with Crippen molar-refractivity contribution in [3.63, 3.8) is 0 Å². The summed E-state index contributed by atoms with van der Waals surface area (Å²) in [5, 5.41) is 0.589. The molecule has 0 radical (unpaired) electrons. The molecule has 1 amide bonds. The highest BCUT2D eigenvalue weighted by Crippen LogP contribution is 2.32. The Morgan fingerprint density at radius 1 is 0.946 bits per heavy atom. The second kappa shape index (κ2) is 11.9. The summed E-state index contributed by atoms with van der Waals surface area (Å²) in [5.74, 6) is -0.249. The molecule has 0 aliphatic rings. The largest absolute Gasteiger partial charge is 0.279 e. The number of anilines is 1. The van der Waals surface area contributed by atoms with E-state index in [0.717, 1.165) is 35.0 Å². The molecule has 0 fully saturated rings. The van der Waals surface area contributed by atoms with Crippen LogP contribution in [0.3, 0.4) is 0 Å². The fourth-order valence-corrected chi connectivity index (χ4v) is 6.77. The second-order valence-electron chi connectivity index (χ2n) is 8.83. The number of hydrogen-bond acceptors (Lipinski definition) is 6. The molecule has 37 heavy (non-hydrogen) atoms. The Hall–Kier alpha value is -3.14. The zero-order valence-corrected chi connectivity index (χ0v) is 23.1. The number of thiazole rings is 1. The van der Waals surface area contributed by atoms with Crippen LogP contribution in [0, 0.1) is 0 Å². The predicted molar refractivity (Wildman–Crippen MR) is 150 cm³/mol. The maximum atomic E-state index is 13.8. The van der Waals surface area contributed by atoms with Crippen molar-refractivity contribution in [3.8, 4) is 0 Å². The Kier molecular flexibility index (Phi) is 8.68. The lowest BCUT2D eigenvalue weighted by Crippen LogP contribution is -2.33. The van der Waals surface area contributed by atoms with Gasteiger partial charge in [0.05, 0.1) is 21.7 Å². The Balaban J connectivity index is 1.68. The van der Waals surface area contributed by atoms with E-state index >= 15 is 0 Å². The molecule has 0 N–H and O–H groups in total. The van der Waals surface area contributed by atoms with Crippen molar-refractivity contribution in [2.75, 3.05) is 18.0 Å². The number of carbonyl (C=O) groups is 1. The quantitative estimate of drug-likeness (QED) is 0.238. The fraction of sp³-hybridized carbons (Fsp3) is 0.321. The molecule has 0 aliphatic carbocycles. The highest BCUT2D eigenvalue weighted by Gasteiger charge is 2.25. The first-order chi connectivity index (χ1) is 17.9. The van der Waals surface area contributed by atoms with Crippen molar-refractivity contribution in [3.05, 3.63) is 83.7 Å². The van der Waals surface area contributed by atoms with E-state index in [1.54, 1.807) is 29.4 Å². The number of fused-ring (bicyclic) bond motifs is 1. The van der Waals surface area contributed by atoms with Crippen LogP contribution >= 0.6 is 11.3 Å². The normalized spacial score (nSPS) is 11.8. The van der Waals surface area contributed by atoms with Crippen LogP contribution in [-0.4, -0.2) is 41.7 Å². The van der Waals surface area contributed by atoms with Crippen LogP contribution in [0.5, 0.6) is 0 Å². The first-order valence-electron chi connectivity index (χ1n) is 12.6. The summed E-state index contributed by atoms with van der Waals surface area (Å²) in [7, 11) is -3.62. The molecule has 7 nitrogen and oxygen atoms in total. The fourth-order valence-electron chi connectivity index (χ4n) is 4.12. The van der Waals surface area contributed by atoms with E-state index in [4.69, 9.17) is 4.98 Å². The molecule has 9 heteroatoms. The van der Waals surface area contributed by atoms with Crippen molar-refractivity contribution in [1.82, 2.24) is 14.3 Å². The number of aromatic nitrogens is 2. The molecule has 0 aliphatic heterocycles. The summed E-state index contributed by atoms with van der Waals surface area (Å²) < 4.78 is 28.8. The lowest BCUT2D eigenvalue weighted by molar-refractivity contribution is 0.0985. The van der Waals surface area contributed by atoms with Crippen LogP contribution in [0.4, 0.5) is 5.13 Å². The van der Waals surface area contributed by atoms with E-state index in [9.17, 15) is 13.2 Å². The van der Waals surface area contributed by atoms with Crippen LogP contribution in [0.25, 0.3) is 10.2 Å². The van der Waals surface area contributed by atoms with Crippen molar-refractivity contribution >= 4 is 42.6 Å². The molecule has 4 rings (SSSR count). The average molecular weight is 537 g/mol. The summed E-state index contributed by atoms with van der Waals surface area (Å²) in [4.78, 5) is 24.5. The van der Waals surface area contributed by atoms with Gasteiger partial charge in [0, 0.05) is 31.0 Å². The van der Waals surface area contributed by atoms with Gasteiger partial charge in [0.15, 0.2) is 5.13 Å². The maximum absolute atomic E-state index is 13.8. The van der Waals surface area contributed by atoms with E-state index in [2.05, 4.69) is 24.0 Å². The molecule has 194 valence electrons. The molecule has 2 heterocycles. The number of amides is 1. The SMILES string of the molecule is CCCN(CCC)S(=O)(=O)c1ccc(C(=O)N(Cc2cccnc2)c2nc3ccc(CC)cc3s2)cc1. The van der Waals surface area contributed by atoms with Crippen LogP contribution in [0.15, 0.2) is 71.9 Å². The summed E-state index contributed by atoms with van der Waals surface area (Å²) in [6.07, 6.45) is 5.82. The Morgan fingerprint density at radius 2 is 1.68 bits per heavy atom. The van der Waals surface area contributed by atoms with Gasteiger partial charge in [-0.3, -0.25) is 14.7 Å². The first kappa shape index (κ1) is 26.9. The van der Waals surface area contributed by atoms with Gasteiger partial charge >= 0.3 is 0 Å². The van der Waals surface area contributed by atoms with Crippen molar-refractivity contribution < 1.29 is 13.2 Å². The number of carbonyl (C=O) groups excluding carboxylic acids is 1. The minimum Gasteiger partial charge on any atom is -0.279 e. The van der Waals surface area contributed by atoms with E-state index < -0.39 is 10.0 Å². The predicted octanol–water partition coefficient (Wildman–Crippen LogP) is 5.91. The van der Waals surface area contributed by atoms with Gasteiger partial charge in [0.2, 0.25) is 10.0 Å². The molecular formula is C28H32N4O3S2. The van der Waals surface area contributed by atoms with Gasteiger partial charge in [-0.05, 0) is 72.9 Å². The molecule has 4 aromatic rings. The molecule has 0 unspecified atom stereocenters. The second-order valence-corrected chi connectivity index (χ2v) is 11.8. The van der Waals surface area contributed by atoms with Gasteiger partial charge < -0.3 is 0 Å². The Labute approximate surface area is 222 Å². The van der Waals surface area contributed by atoms with Crippen LogP contribution in [-0.2, 0) is 23.0 Å². The van der Waals surface area contributed by atoms with Crippen molar-refractivity contribution in [2.45, 2.75) is 51.5 Å². The third-order valence-electron chi connectivity index (χ3n) is 6.07. The van der Waals surface area contributed by atoms with Gasteiger partial charge in [-0.1, -0.05) is 44.2 Å². The zero-order valence-electron chi connectivity index (χ0n) is 21.4. The smallest absolute Gasteiger partial charge is 0.260 e. The van der Waals surface area contributed by atoms with E-state index in [0.29, 0.717) is 30.3 Å². The lowest BCUT2D eigenvalue weighted by Gasteiger charge is -2.22. The highest BCUT2D eigenvalue weighted by atomic mass is 32.2. The van der Waals surface area contributed by atoms with E-state index in [-0.39, 0.29) is 10.8 Å². The number of nitrogens with zero attached hydrogens (tertiary/aromatic N) is 4. The summed E-state index contributed by atoms with van der Waals surface area (Å²) in [5.41, 5.74) is 3.33. The molecule has 2 aromatic carbocycles. The molecule has 0 atom stereocenters.